The van der Waals surface area contributed by atoms with Gasteiger partial charge in [-0.25, -0.2) is 0 Å². The van der Waals surface area contributed by atoms with Crippen LogP contribution < -0.4 is 4.74 Å². The zero-order valence-corrected chi connectivity index (χ0v) is 21.4. The van der Waals surface area contributed by atoms with E-state index in [1.807, 2.05) is 0 Å². The zero-order chi connectivity index (χ0) is 24.7. The number of hydrogen-bond donors (Lipinski definition) is 1. The average Bonchev–Trinajstić information content (AvgIpc) is 2.86. The van der Waals surface area contributed by atoms with Gasteiger partial charge in [0, 0.05) is 18.2 Å². The van der Waals surface area contributed by atoms with Crippen LogP contribution in [0.1, 0.15) is 90.4 Å². The summed E-state index contributed by atoms with van der Waals surface area (Å²) in [4.78, 5) is 10.6. The lowest BCUT2D eigenvalue weighted by molar-refractivity contribution is -0.137. The highest BCUT2D eigenvalue weighted by Crippen LogP contribution is 2.31. The highest BCUT2D eigenvalue weighted by molar-refractivity contribution is 6.00. The zero-order valence-electron chi connectivity index (χ0n) is 21.4. The maximum absolute atomic E-state index is 10.6. The molecule has 3 aromatic carbocycles. The van der Waals surface area contributed by atoms with E-state index in [-0.39, 0.29) is 6.10 Å². The number of benzene rings is 3. The Morgan fingerprint density at radius 2 is 1.54 bits per heavy atom. The molecular formula is C32H42O3. The first-order valence-corrected chi connectivity index (χ1v) is 13.6. The molecule has 3 aromatic rings. The quantitative estimate of drug-likeness (QED) is 0.120. The first kappa shape index (κ1) is 26.8. The number of rotatable bonds is 17. The van der Waals surface area contributed by atoms with Crippen LogP contribution in [-0.4, -0.2) is 17.2 Å². The topological polar surface area (TPSA) is 46.5 Å². The molecular weight excluding hydrogens is 432 g/mol. The van der Waals surface area contributed by atoms with Gasteiger partial charge < -0.3 is 9.84 Å². The Morgan fingerprint density at radius 3 is 2.34 bits per heavy atom. The third-order valence-corrected chi connectivity index (χ3v) is 6.71. The van der Waals surface area contributed by atoms with E-state index in [4.69, 9.17) is 9.84 Å². The summed E-state index contributed by atoms with van der Waals surface area (Å²) in [5, 5.41) is 13.6. The van der Waals surface area contributed by atoms with E-state index < -0.39 is 5.97 Å². The molecule has 1 atom stereocenters. The van der Waals surface area contributed by atoms with Crippen molar-refractivity contribution in [3.05, 3.63) is 66.7 Å². The lowest BCUT2D eigenvalue weighted by Crippen LogP contribution is -2.16. The third-order valence-electron chi connectivity index (χ3n) is 6.71. The molecule has 3 nitrogen and oxygen atoms in total. The van der Waals surface area contributed by atoms with Crippen molar-refractivity contribution < 1.29 is 14.6 Å². The highest BCUT2D eigenvalue weighted by atomic mass is 16.5. The summed E-state index contributed by atoms with van der Waals surface area (Å²) in [5.74, 6) is 0.305. The van der Waals surface area contributed by atoms with Gasteiger partial charge in [-0.3, -0.25) is 4.79 Å². The predicted molar refractivity (Wildman–Crippen MR) is 148 cm³/mol. The van der Waals surface area contributed by atoms with Crippen molar-refractivity contribution in [2.45, 2.75) is 96.5 Å². The molecule has 35 heavy (non-hydrogen) atoms. The van der Waals surface area contributed by atoms with Gasteiger partial charge in [0.1, 0.15) is 11.9 Å². The van der Waals surface area contributed by atoms with E-state index >= 15 is 0 Å². The molecule has 0 saturated carbocycles. The van der Waals surface area contributed by atoms with Crippen LogP contribution in [0, 0.1) is 0 Å². The summed E-state index contributed by atoms with van der Waals surface area (Å²) in [7, 11) is 0. The van der Waals surface area contributed by atoms with Crippen molar-refractivity contribution in [3.63, 3.8) is 0 Å². The molecule has 0 radical (unpaired) electrons. The fraction of sp³-hybridized carbons (Fsp3) is 0.469. The molecule has 1 unspecified atom stereocenters. The number of allylic oxidation sites excluding steroid dienone is 1. The van der Waals surface area contributed by atoms with Crippen LogP contribution in [-0.2, 0) is 4.79 Å². The average molecular weight is 475 g/mol. The van der Waals surface area contributed by atoms with Gasteiger partial charge in [0.15, 0.2) is 0 Å². The van der Waals surface area contributed by atoms with Crippen molar-refractivity contribution >= 4 is 27.5 Å². The minimum Gasteiger partial charge on any atom is -0.489 e. The van der Waals surface area contributed by atoms with Gasteiger partial charge in [0.25, 0.3) is 0 Å². The Bertz CT molecular complexity index is 1070. The molecule has 3 rings (SSSR count). The summed E-state index contributed by atoms with van der Waals surface area (Å²) >= 11 is 0. The van der Waals surface area contributed by atoms with Crippen LogP contribution in [0.25, 0.3) is 21.5 Å². The largest absolute Gasteiger partial charge is 0.489 e. The smallest absolute Gasteiger partial charge is 0.303 e. The Morgan fingerprint density at radius 1 is 0.829 bits per heavy atom. The van der Waals surface area contributed by atoms with Crippen LogP contribution in [0.4, 0.5) is 0 Å². The first-order valence-electron chi connectivity index (χ1n) is 13.6. The number of carbonyl (C=O) groups is 1. The Kier molecular flexibility index (Phi) is 11.7. The molecule has 188 valence electrons. The molecule has 0 spiro atoms. The Balaban J connectivity index is 1.56. The predicted octanol–water partition coefficient (Wildman–Crippen LogP) is 9.47. The first-order chi connectivity index (χ1) is 17.2. The highest BCUT2D eigenvalue weighted by Gasteiger charge is 2.12. The molecule has 0 saturated heterocycles. The van der Waals surface area contributed by atoms with E-state index in [1.165, 1.54) is 60.1 Å². The molecule has 0 bridgehead atoms. The molecule has 1 N–H and O–H groups in total. The fourth-order valence-electron chi connectivity index (χ4n) is 4.68. The monoisotopic (exact) mass is 474 g/mol. The van der Waals surface area contributed by atoms with E-state index in [9.17, 15) is 4.79 Å². The molecule has 0 heterocycles. The van der Waals surface area contributed by atoms with Gasteiger partial charge in [-0.15, -0.1) is 0 Å². The number of fused-ring (bicyclic) bond motifs is 2. The lowest BCUT2D eigenvalue weighted by Gasteiger charge is -2.19. The standard InChI is InChI=1S/C32H42O3/c1-2-3-4-11-20-29(21-12-9-7-5-6-8-10-13-23-32(33)34)35-31-22-16-19-28-24-26-17-14-15-18-27(26)25-30(28)31/h9,12,14-19,22,24-25,29H,2-8,10-11,13,20-21,23H2,1H3,(H,33,34)/b12-9-. The van der Waals surface area contributed by atoms with Crippen molar-refractivity contribution in [3.8, 4) is 5.75 Å². The molecule has 0 aliphatic rings. The maximum atomic E-state index is 10.6. The van der Waals surface area contributed by atoms with Gasteiger partial charge in [-0.1, -0.05) is 94.0 Å². The SMILES string of the molecule is CCCCCCC(C/C=C\CCCCCCCC(=O)O)Oc1cccc2cc3ccccc3cc12. The van der Waals surface area contributed by atoms with Gasteiger partial charge >= 0.3 is 5.97 Å². The van der Waals surface area contributed by atoms with E-state index in [0.29, 0.717) is 6.42 Å². The van der Waals surface area contributed by atoms with Crippen LogP contribution in [0.2, 0.25) is 0 Å². The van der Waals surface area contributed by atoms with Gasteiger partial charge in [-0.05, 0) is 66.5 Å². The molecule has 0 aliphatic carbocycles. The van der Waals surface area contributed by atoms with Crippen LogP contribution in [0.15, 0.2) is 66.7 Å². The summed E-state index contributed by atoms with van der Waals surface area (Å²) in [6, 6.07) is 19.4. The van der Waals surface area contributed by atoms with Crippen LogP contribution in [0.3, 0.4) is 0 Å². The van der Waals surface area contributed by atoms with Gasteiger partial charge in [0.05, 0.1) is 0 Å². The normalized spacial score (nSPS) is 12.5. The van der Waals surface area contributed by atoms with Crippen molar-refractivity contribution in [2.75, 3.05) is 0 Å². The number of aliphatic carboxylic acids is 1. The lowest BCUT2D eigenvalue weighted by atomic mass is 10.0. The van der Waals surface area contributed by atoms with E-state index in [2.05, 4.69) is 73.7 Å². The molecule has 0 amide bonds. The summed E-state index contributed by atoms with van der Waals surface area (Å²) in [6.07, 6.45) is 18.5. The minimum atomic E-state index is -0.684. The number of ether oxygens (including phenoxy) is 1. The summed E-state index contributed by atoms with van der Waals surface area (Å²) in [5.41, 5.74) is 0. The molecule has 0 aliphatic heterocycles. The number of unbranched alkanes of at least 4 members (excludes halogenated alkanes) is 8. The fourth-order valence-corrected chi connectivity index (χ4v) is 4.68. The van der Waals surface area contributed by atoms with E-state index in [0.717, 1.165) is 44.3 Å². The van der Waals surface area contributed by atoms with Crippen molar-refractivity contribution in [1.29, 1.82) is 0 Å². The molecule has 0 fully saturated rings. The molecule has 0 aromatic heterocycles. The second-order valence-electron chi connectivity index (χ2n) is 9.67. The second kappa shape index (κ2) is 15.2. The van der Waals surface area contributed by atoms with Gasteiger partial charge in [-0.2, -0.15) is 0 Å². The Labute approximate surface area is 211 Å². The Hall–Kier alpha value is -2.81. The number of carboxylic acids is 1. The van der Waals surface area contributed by atoms with Gasteiger partial charge in [0.2, 0.25) is 0 Å². The van der Waals surface area contributed by atoms with Crippen LogP contribution in [0.5, 0.6) is 5.75 Å². The van der Waals surface area contributed by atoms with E-state index in [1.54, 1.807) is 0 Å². The third kappa shape index (κ3) is 9.39. The number of hydrogen-bond acceptors (Lipinski definition) is 2. The van der Waals surface area contributed by atoms with Crippen molar-refractivity contribution in [1.82, 2.24) is 0 Å². The summed E-state index contributed by atoms with van der Waals surface area (Å²) in [6.45, 7) is 2.25. The van der Waals surface area contributed by atoms with Crippen LogP contribution >= 0.6 is 0 Å². The molecule has 3 heteroatoms. The number of carboxylic acid groups (broad SMARTS) is 1. The van der Waals surface area contributed by atoms with Crippen molar-refractivity contribution in [2.24, 2.45) is 0 Å². The maximum Gasteiger partial charge on any atom is 0.303 e. The summed E-state index contributed by atoms with van der Waals surface area (Å²) < 4.78 is 6.65. The minimum absolute atomic E-state index is 0.191. The second-order valence-corrected chi connectivity index (χ2v) is 9.67.